The maximum Gasteiger partial charge on any atom is 0.419 e. The zero-order valence-electron chi connectivity index (χ0n) is 16.9. The van der Waals surface area contributed by atoms with E-state index in [1.54, 1.807) is 20.8 Å². The molecule has 0 amide bonds. The molecule has 0 saturated heterocycles. The van der Waals surface area contributed by atoms with E-state index in [1.807, 2.05) is 0 Å². The molecule has 30 heavy (non-hydrogen) atoms. The van der Waals surface area contributed by atoms with Crippen LogP contribution in [0.5, 0.6) is 11.5 Å². The zero-order valence-corrected chi connectivity index (χ0v) is 16.9. The molecule has 1 saturated carbocycles. The van der Waals surface area contributed by atoms with Gasteiger partial charge < -0.3 is 19.3 Å². The van der Waals surface area contributed by atoms with Crippen molar-refractivity contribution in [2.24, 2.45) is 5.92 Å². The van der Waals surface area contributed by atoms with Gasteiger partial charge >= 0.3 is 18.7 Å². The minimum absolute atomic E-state index is 0.112. The predicted octanol–water partition coefficient (Wildman–Crippen LogP) is 5.03. The van der Waals surface area contributed by atoms with Crippen molar-refractivity contribution in [2.75, 3.05) is 6.61 Å². The molecule has 1 fully saturated rings. The number of alkyl halides is 2. The third-order valence-electron chi connectivity index (χ3n) is 4.29. The number of aromatic nitrogens is 1. The van der Waals surface area contributed by atoms with Gasteiger partial charge in [0.2, 0.25) is 0 Å². The first-order chi connectivity index (χ1) is 14.0. The highest BCUT2D eigenvalue weighted by Crippen LogP contribution is 2.37. The molecule has 0 atom stereocenters. The first kappa shape index (κ1) is 21.6. The summed E-state index contributed by atoms with van der Waals surface area (Å²) in [5.41, 5.74) is -0.229. The smallest absolute Gasteiger partial charge is 0.419 e. The molecule has 1 N–H and O–H groups in total. The third-order valence-corrected chi connectivity index (χ3v) is 4.29. The number of benzene rings is 1. The number of carboxylic acid groups (broad SMARTS) is 1. The van der Waals surface area contributed by atoms with E-state index in [-0.39, 0.29) is 17.2 Å². The summed E-state index contributed by atoms with van der Waals surface area (Å²) in [6.45, 7) is 2.37. The van der Waals surface area contributed by atoms with Crippen molar-refractivity contribution in [3.05, 3.63) is 36.2 Å². The summed E-state index contributed by atoms with van der Waals surface area (Å²) in [6, 6.07) is 5.61. The van der Waals surface area contributed by atoms with Crippen molar-refractivity contribution in [1.82, 2.24) is 4.57 Å². The number of ether oxygens (including phenoxy) is 3. The molecule has 0 spiro atoms. The van der Waals surface area contributed by atoms with Crippen LogP contribution in [0.2, 0.25) is 0 Å². The fourth-order valence-electron chi connectivity index (χ4n) is 2.73. The summed E-state index contributed by atoms with van der Waals surface area (Å²) < 4.78 is 41.7. The minimum atomic E-state index is -3.01. The summed E-state index contributed by atoms with van der Waals surface area (Å²) in [4.78, 5) is 24.0. The lowest BCUT2D eigenvalue weighted by Gasteiger charge is -2.19. The molecule has 1 aromatic carbocycles. The number of carbonyl (C=O) groups excluding carboxylic acids is 1. The summed E-state index contributed by atoms with van der Waals surface area (Å²) in [5.74, 6) is -0.907. The van der Waals surface area contributed by atoms with E-state index in [2.05, 4.69) is 4.74 Å². The standard InChI is InChI=1S/C21H23F2NO6/c1-21(2,3)30-20(27)24-10-14(8-15(24)18(25)26)13-6-7-16(29-19(22)23)17(9-13)28-11-12-4-5-12/h6-10,12,19H,4-5,11H2,1-3H3,(H,25,26). The predicted molar refractivity (Wildman–Crippen MR) is 103 cm³/mol. The van der Waals surface area contributed by atoms with Crippen LogP contribution < -0.4 is 9.47 Å². The maximum absolute atomic E-state index is 12.7. The lowest BCUT2D eigenvalue weighted by molar-refractivity contribution is -0.0515. The van der Waals surface area contributed by atoms with Gasteiger partial charge in [-0.1, -0.05) is 6.07 Å². The molecule has 0 aliphatic heterocycles. The molecule has 0 radical (unpaired) electrons. The van der Waals surface area contributed by atoms with Crippen molar-refractivity contribution in [2.45, 2.75) is 45.8 Å². The Morgan fingerprint density at radius 3 is 2.43 bits per heavy atom. The van der Waals surface area contributed by atoms with Gasteiger partial charge in [0, 0.05) is 11.8 Å². The number of aromatic carboxylic acids is 1. The van der Waals surface area contributed by atoms with E-state index in [0.717, 1.165) is 17.4 Å². The van der Waals surface area contributed by atoms with E-state index < -0.39 is 24.3 Å². The van der Waals surface area contributed by atoms with Crippen molar-refractivity contribution in [3.63, 3.8) is 0 Å². The first-order valence-electron chi connectivity index (χ1n) is 9.44. The van der Waals surface area contributed by atoms with E-state index in [9.17, 15) is 23.5 Å². The first-order valence-corrected chi connectivity index (χ1v) is 9.44. The van der Waals surface area contributed by atoms with Crippen LogP contribution in [0.1, 0.15) is 44.1 Å². The molecular formula is C21H23F2NO6. The Labute approximate surface area is 172 Å². The molecule has 1 heterocycles. The second kappa shape index (κ2) is 8.33. The molecule has 1 aliphatic rings. The van der Waals surface area contributed by atoms with Crippen LogP contribution in [0.25, 0.3) is 11.1 Å². The fourth-order valence-corrected chi connectivity index (χ4v) is 2.73. The van der Waals surface area contributed by atoms with Crippen LogP contribution >= 0.6 is 0 Å². The Morgan fingerprint density at radius 1 is 1.17 bits per heavy atom. The Morgan fingerprint density at radius 2 is 1.87 bits per heavy atom. The molecule has 0 bridgehead atoms. The number of carbonyl (C=O) groups is 2. The molecule has 2 aromatic rings. The molecule has 9 heteroatoms. The molecule has 7 nitrogen and oxygen atoms in total. The molecule has 1 aromatic heterocycles. The van der Waals surface area contributed by atoms with Crippen LogP contribution in [-0.4, -0.2) is 40.6 Å². The number of hydrogen-bond donors (Lipinski definition) is 1. The zero-order chi connectivity index (χ0) is 22.1. The van der Waals surface area contributed by atoms with Crippen molar-refractivity contribution in [1.29, 1.82) is 0 Å². The molecule has 3 rings (SSSR count). The number of carboxylic acids is 1. The number of halogens is 2. The van der Waals surface area contributed by atoms with Gasteiger partial charge in [0.15, 0.2) is 11.5 Å². The number of nitrogens with zero attached hydrogens (tertiary/aromatic N) is 1. The summed E-state index contributed by atoms with van der Waals surface area (Å²) in [5, 5.41) is 9.47. The highest BCUT2D eigenvalue weighted by atomic mass is 19.3. The molecule has 1 aliphatic carbocycles. The lowest BCUT2D eigenvalue weighted by atomic mass is 10.1. The largest absolute Gasteiger partial charge is 0.489 e. The van der Waals surface area contributed by atoms with Crippen molar-refractivity contribution >= 4 is 12.1 Å². The summed E-state index contributed by atoms with van der Waals surface area (Å²) in [6.07, 6.45) is 2.52. The highest BCUT2D eigenvalue weighted by molar-refractivity contribution is 5.93. The van der Waals surface area contributed by atoms with E-state index in [1.165, 1.54) is 30.5 Å². The second-order valence-corrected chi connectivity index (χ2v) is 8.06. The van der Waals surface area contributed by atoms with Crippen LogP contribution in [0, 0.1) is 5.92 Å². The Hall–Kier alpha value is -3.10. The van der Waals surface area contributed by atoms with E-state index in [0.29, 0.717) is 23.7 Å². The fraction of sp³-hybridized carbons (Fsp3) is 0.429. The Bertz CT molecular complexity index is 943. The molecular weight excluding hydrogens is 400 g/mol. The van der Waals surface area contributed by atoms with Gasteiger partial charge in [-0.15, -0.1) is 0 Å². The summed E-state index contributed by atoms with van der Waals surface area (Å²) >= 11 is 0. The van der Waals surface area contributed by atoms with Gasteiger partial charge in [0.05, 0.1) is 6.61 Å². The van der Waals surface area contributed by atoms with E-state index >= 15 is 0 Å². The van der Waals surface area contributed by atoms with Crippen LogP contribution in [-0.2, 0) is 4.74 Å². The highest BCUT2D eigenvalue weighted by Gasteiger charge is 2.25. The van der Waals surface area contributed by atoms with Crippen LogP contribution in [0.15, 0.2) is 30.5 Å². The van der Waals surface area contributed by atoms with E-state index in [4.69, 9.17) is 9.47 Å². The number of hydrogen-bond acceptors (Lipinski definition) is 5. The van der Waals surface area contributed by atoms with Gasteiger partial charge in [0.1, 0.15) is 11.3 Å². The maximum atomic E-state index is 12.7. The average Bonchev–Trinajstić information content (AvgIpc) is 3.34. The molecule has 0 unspecified atom stereocenters. The summed E-state index contributed by atoms with van der Waals surface area (Å²) in [7, 11) is 0. The quantitative estimate of drug-likeness (QED) is 0.672. The van der Waals surface area contributed by atoms with Gasteiger partial charge in [-0.05, 0) is 63.3 Å². The van der Waals surface area contributed by atoms with Gasteiger partial charge in [-0.25, -0.2) is 14.2 Å². The van der Waals surface area contributed by atoms with Crippen LogP contribution in [0.3, 0.4) is 0 Å². The minimum Gasteiger partial charge on any atom is -0.489 e. The second-order valence-electron chi connectivity index (χ2n) is 8.06. The average molecular weight is 423 g/mol. The normalized spacial score (nSPS) is 13.9. The van der Waals surface area contributed by atoms with Gasteiger partial charge in [-0.2, -0.15) is 8.78 Å². The third kappa shape index (κ3) is 5.49. The number of rotatable bonds is 7. The Kier molecular flexibility index (Phi) is 6.00. The van der Waals surface area contributed by atoms with Gasteiger partial charge in [-0.3, -0.25) is 0 Å². The monoisotopic (exact) mass is 423 g/mol. The van der Waals surface area contributed by atoms with Crippen molar-refractivity contribution < 1.29 is 37.7 Å². The topological polar surface area (TPSA) is 87.0 Å². The molecule has 162 valence electrons. The van der Waals surface area contributed by atoms with Crippen molar-refractivity contribution in [3.8, 4) is 22.6 Å². The van der Waals surface area contributed by atoms with Crippen LogP contribution in [0.4, 0.5) is 13.6 Å². The Balaban J connectivity index is 1.95. The lowest BCUT2D eigenvalue weighted by Crippen LogP contribution is -2.28. The SMILES string of the molecule is CC(C)(C)OC(=O)n1cc(-c2ccc(OC(F)F)c(OCC3CC3)c2)cc1C(=O)O. The van der Waals surface area contributed by atoms with Gasteiger partial charge in [0.25, 0.3) is 0 Å².